The molecule has 8 heteroatoms. The zero-order chi connectivity index (χ0) is 27.8. The number of aromatic carboxylic acids is 1. The van der Waals surface area contributed by atoms with Crippen LogP contribution in [0.4, 0.5) is 0 Å². The van der Waals surface area contributed by atoms with Crippen molar-refractivity contribution >= 4 is 27.6 Å². The highest BCUT2D eigenvalue weighted by atomic mass is 16.5. The summed E-state index contributed by atoms with van der Waals surface area (Å²) in [6.45, 7) is 3.08. The Hall–Kier alpha value is -4.56. The third-order valence-electron chi connectivity index (χ3n) is 7.88. The van der Waals surface area contributed by atoms with Gasteiger partial charge in [0, 0.05) is 35.8 Å². The molecule has 0 unspecified atom stereocenters. The number of nitrogens with zero attached hydrogens (tertiary/aromatic N) is 3. The minimum absolute atomic E-state index is 0.311. The number of allylic oxidation sites excluding steroid dienone is 1. The molecule has 7 rings (SSSR count). The van der Waals surface area contributed by atoms with Crippen LogP contribution in [0.1, 0.15) is 34.6 Å². The van der Waals surface area contributed by atoms with Crippen molar-refractivity contribution in [3.8, 4) is 22.8 Å². The van der Waals surface area contributed by atoms with Gasteiger partial charge in [0.05, 0.1) is 37.5 Å². The topological polar surface area (TPSA) is 87.7 Å². The van der Waals surface area contributed by atoms with Gasteiger partial charge in [0.2, 0.25) is 5.88 Å². The summed E-state index contributed by atoms with van der Waals surface area (Å²) in [6, 6.07) is 20.3. The molecule has 5 aromatic rings. The molecule has 0 amide bonds. The van der Waals surface area contributed by atoms with Gasteiger partial charge < -0.3 is 23.9 Å². The Morgan fingerprint density at radius 1 is 1.02 bits per heavy atom. The number of fused-ring (bicyclic) bond motifs is 5. The normalized spacial score (nSPS) is 15.5. The molecular formula is C33H31N3O5. The molecule has 0 saturated heterocycles. The van der Waals surface area contributed by atoms with E-state index in [0.717, 1.165) is 68.7 Å². The van der Waals surface area contributed by atoms with Crippen molar-refractivity contribution in [1.82, 2.24) is 14.3 Å². The molecule has 0 atom stereocenters. The maximum absolute atomic E-state index is 12.8. The maximum Gasteiger partial charge on any atom is 0.352 e. The van der Waals surface area contributed by atoms with E-state index in [1.165, 1.54) is 0 Å². The molecule has 0 saturated carbocycles. The summed E-state index contributed by atoms with van der Waals surface area (Å²) in [7, 11) is 0. The fourth-order valence-corrected chi connectivity index (χ4v) is 6.13. The first-order valence-corrected chi connectivity index (χ1v) is 14.1. The van der Waals surface area contributed by atoms with Crippen LogP contribution in [0.3, 0.4) is 0 Å². The van der Waals surface area contributed by atoms with Crippen molar-refractivity contribution in [3.05, 3.63) is 89.8 Å². The number of aryl methyl sites for hydroxylation is 2. The zero-order valence-electron chi connectivity index (χ0n) is 22.7. The first kappa shape index (κ1) is 25.4. The van der Waals surface area contributed by atoms with Crippen LogP contribution in [0, 0.1) is 0 Å². The van der Waals surface area contributed by atoms with Crippen LogP contribution >= 0.6 is 0 Å². The van der Waals surface area contributed by atoms with Crippen LogP contribution in [0.25, 0.3) is 32.8 Å². The van der Waals surface area contributed by atoms with Gasteiger partial charge in [-0.05, 0) is 29.9 Å². The fraction of sp³-hybridized carbons (Fsp3) is 0.273. The summed E-state index contributed by atoms with van der Waals surface area (Å²) in [4.78, 5) is 12.8. The van der Waals surface area contributed by atoms with E-state index in [9.17, 15) is 9.90 Å². The van der Waals surface area contributed by atoms with E-state index >= 15 is 0 Å². The predicted molar refractivity (Wildman–Crippen MR) is 157 cm³/mol. The Bertz CT molecular complexity index is 1790. The van der Waals surface area contributed by atoms with Crippen LogP contribution in [-0.2, 0) is 30.9 Å². The average molecular weight is 550 g/mol. The largest absolute Gasteiger partial charge is 0.493 e. The van der Waals surface area contributed by atoms with Gasteiger partial charge in [-0.2, -0.15) is 5.10 Å². The van der Waals surface area contributed by atoms with Gasteiger partial charge in [0.1, 0.15) is 17.1 Å². The average Bonchev–Trinajstić information content (AvgIpc) is 3.51. The summed E-state index contributed by atoms with van der Waals surface area (Å²) in [6.07, 6.45) is 6.05. The molecule has 2 aliphatic rings. The third kappa shape index (κ3) is 4.54. The Morgan fingerprint density at radius 2 is 1.88 bits per heavy atom. The van der Waals surface area contributed by atoms with E-state index in [1.54, 1.807) is 0 Å². The second-order valence-corrected chi connectivity index (χ2v) is 10.4. The Labute approximate surface area is 237 Å². The predicted octanol–water partition coefficient (Wildman–Crippen LogP) is 6.24. The van der Waals surface area contributed by atoms with E-state index in [2.05, 4.69) is 18.2 Å². The first-order valence-electron chi connectivity index (χ1n) is 14.1. The molecule has 0 fully saturated rings. The molecule has 0 bridgehead atoms. The van der Waals surface area contributed by atoms with Gasteiger partial charge in [0.25, 0.3) is 0 Å². The fourth-order valence-electron chi connectivity index (χ4n) is 6.13. The molecule has 3 aromatic carbocycles. The van der Waals surface area contributed by atoms with Gasteiger partial charge in [-0.3, -0.25) is 0 Å². The van der Waals surface area contributed by atoms with Crippen molar-refractivity contribution in [1.29, 1.82) is 0 Å². The molecule has 0 radical (unpaired) electrons. The molecule has 2 aromatic heterocycles. The number of para-hydroxylation sites is 1. The molecule has 4 heterocycles. The SMILES string of the molecule is O=C(O)c1c(CCCOc2cccc3ccccc23)c2cccc3c2n1C/C=C\COCc1nn2c(c1-3)OCCC2. The van der Waals surface area contributed by atoms with Crippen molar-refractivity contribution in [2.24, 2.45) is 0 Å². The van der Waals surface area contributed by atoms with Crippen molar-refractivity contribution < 1.29 is 24.1 Å². The number of aromatic nitrogens is 3. The third-order valence-corrected chi connectivity index (χ3v) is 7.88. The molecule has 0 spiro atoms. The number of benzene rings is 3. The van der Waals surface area contributed by atoms with E-state index in [0.29, 0.717) is 51.5 Å². The summed E-state index contributed by atoms with van der Waals surface area (Å²) in [5.41, 5.74) is 4.62. The number of hydrogen-bond acceptors (Lipinski definition) is 5. The lowest BCUT2D eigenvalue weighted by molar-refractivity contribution is 0.0685. The second-order valence-electron chi connectivity index (χ2n) is 10.4. The number of ether oxygens (including phenoxy) is 3. The highest BCUT2D eigenvalue weighted by Crippen LogP contribution is 2.42. The Kier molecular flexibility index (Phi) is 6.68. The van der Waals surface area contributed by atoms with Crippen LogP contribution in [-0.4, -0.2) is 45.2 Å². The lowest BCUT2D eigenvalue weighted by atomic mass is 9.99. The molecule has 1 N–H and O–H groups in total. The molecule has 41 heavy (non-hydrogen) atoms. The number of carboxylic acids is 1. The summed E-state index contributed by atoms with van der Waals surface area (Å²) >= 11 is 0. The highest BCUT2D eigenvalue weighted by Gasteiger charge is 2.29. The van der Waals surface area contributed by atoms with E-state index < -0.39 is 5.97 Å². The Balaban J connectivity index is 1.29. The van der Waals surface area contributed by atoms with Gasteiger partial charge in [-0.25, -0.2) is 9.48 Å². The second kappa shape index (κ2) is 10.8. The Morgan fingerprint density at radius 3 is 2.80 bits per heavy atom. The van der Waals surface area contributed by atoms with E-state index in [1.807, 2.05) is 63.9 Å². The quantitative estimate of drug-likeness (QED) is 0.199. The number of rotatable bonds is 6. The summed E-state index contributed by atoms with van der Waals surface area (Å²) in [5, 5.41) is 18.5. The van der Waals surface area contributed by atoms with Crippen LogP contribution in [0.2, 0.25) is 0 Å². The van der Waals surface area contributed by atoms with E-state index in [4.69, 9.17) is 19.3 Å². The smallest absolute Gasteiger partial charge is 0.352 e. The lowest BCUT2D eigenvalue weighted by Gasteiger charge is -2.17. The highest BCUT2D eigenvalue weighted by molar-refractivity contribution is 6.04. The lowest BCUT2D eigenvalue weighted by Crippen LogP contribution is -2.15. The van der Waals surface area contributed by atoms with Crippen LogP contribution in [0.5, 0.6) is 11.6 Å². The molecule has 0 aliphatic carbocycles. The zero-order valence-corrected chi connectivity index (χ0v) is 22.7. The summed E-state index contributed by atoms with van der Waals surface area (Å²) < 4.78 is 22.1. The monoisotopic (exact) mass is 549 g/mol. The number of hydrogen-bond donors (Lipinski definition) is 1. The maximum atomic E-state index is 12.8. The first-order chi connectivity index (χ1) is 20.2. The van der Waals surface area contributed by atoms with Gasteiger partial charge >= 0.3 is 5.97 Å². The van der Waals surface area contributed by atoms with Gasteiger partial charge in [-0.15, -0.1) is 0 Å². The molecule has 8 nitrogen and oxygen atoms in total. The minimum Gasteiger partial charge on any atom is -0.493 e. The molecular weight excluding hydrogens is 518 g/mol. The van der Waals surface area contributed by atoms with Crippen molar-refractivity contribution in [2.75, 3.05) is 19.8 Å². The van der Waals surface area contributed by atoms with Crippen molar-refractivity contribution in [2.45, 2.75) is 39.0 Å². The number of carbonyl (C=O) groups is 1. The van der Waals surface area contributed by atoms with Gasteiger partial charge in [0.15, 0.2) is 0 Å². The van der Waals surface area contributed by atoms with Crippen LogP contribution in [0.15, 0.2) is 72.8 Å². The summed E-state index contributed by atoms with van der Waals surface area (Å²) in [5.74, 6) is 0.626. The van der Waals surface area contributed by atoms with Gasteiger partial charge in [-0.1, -0.05) is 66.7 Å². The molecule has 208 valence electrons. The standard InChI is InChI=1S/C33H31N3O5/c37-33(38)31-25(14-7-19-40-28-15-5-10-22-9-1-2-11-23(22)28)24-12-6-13-26-29-27(34-36-17-8-20-41-32(29)36)21-39-18-4-3-16-35(31)30(24)26/h1-6,9-13,15H,7-8,14,16-21H2,(H,37,38)/b4-3-. The van der Waals surface area contributed by atoms with E-state index in [-0.39, 0.29) is 0 Å². The molecule has 2 aliphatic heterocycles. The van der Waals surface area contributed by atoms with Crippen LogP contribution < -0.4 is 9.47 Å². The minimum atomic E-state index is -0.940. The van der Waals surface area contributed by atoms with Crippen molar-refractivity contribution in [3.63, 3.8) is 0 Å². The number of carboxylic acid groups (broad SMARTS) is 1.